The minimum Gasteiger partial charge on any atom is -0.497 e. The van der Waals surface area contributed by atoms with E-state index in [1.54, 1.807) is 14.2 Å². The molecule has 3 heteroatoms. The number of aliphatic hydroxyl groups is 1. The van der Waals surface area contributed by atoms with Crippen molar-refractivity contribution in [2.75, 3.05) is 14.2 Å². The van der Waals surface area contributed by atoms with Crippen LogP contribution in [0.5, 0.6) is 11.5 Å². The summed E-state index contributed by atoms with van der Waals surface area (Å²) in [5.41, 5.74) is 3.07. The van der Waals surface area contributed by atoms with Crippen molar-refractivity contribution in [1.29, 1.82) is 0 Å². The quantitative estimate of drug-likeness (QED) is 0.430. The molecule has 0 fully saturated rings. The molecule has 1 unspecified atom stereocenters. The summed E-state index contributed by atoms with van der Waals surface area (Å²) >= 11 is 0. The Morgan fingerprint density at radius 1 is 0.821 bits per heavy atom. The van der Waals surface area contributed by atoms with Gasteiger partial charge in [-0.05, 0) is 46.7 Å². The SMILES string of the molecule is CCCCCCC(O)c1cc(OC)ccc1-c1ccc(OC)c2ccccc12. The van der Waals surface area contributed by atoms with Gasteiger partial charge in [0.25, 0.3) is 0 Å². The Morgan fingerprint density at radius 2 is 1.57 bits per heavy atom. The lowest BCUT2D eigenvalue weighted by Gasteiger charge is -2.19. The molecule has 0 radical (unpaired) electrons. The second kappa shape index (κ2) is 9.61. The number of rotatable bonds is 9. The first kappa shape index (κ1) is 20.2. The van der Waals surface area contributed by atoms with Crippen molar-refractivity contribution >= 4 is 10.8 Å². The molecule has 0 saturated heterocycles. The van der Waals surface area contributed by atoms with Crippen LogP contribution in [0.4, 0.5) is 0 Å². The van der Waals surface area contributed by atoms with Gasteiger partial charge in [-0.2, -0.15) is 0 Å². The van der Waals surface area contributed by atoms with E-state index in [4.69, 9.17) is 9.47 Å². The highest BCUT2D eigenvalue weighted by atomic mass is 16.5. The van der Waals surface area contributed by atoms with Crippen LogP contribution in [0.15, 0.2) is 54.6 Å². The molecule has 1 atom stereocenters. The van der Waals surface area contributed by atoms with Gasteiger partial charge in [-0.1, -0.05) is 69.0 Å². The van der Waals surface area contributed by atoms with Crippen molar-refractivity contribution in [2.45, 2.75) is 45.1 Å². The minimum absolute atomic E-state index is 0.511. The first-order chi connectivity index (χ1) is 13.7. The number of methoxy groups -OCH3 is 2. The zero-order valence-electron chi connectivity index (χ0n) is 17.1. The number of aliphatic hydroxyl groups excluding tert-OH is 1. The van der Waals surface area contributed by atoms with Crippen molar-refractivity contribution in [1.82, 2.24) is 0 Å². The lowest BCUT2D eigenvalue weighted by molar-refractivity contribution is 0.163. The second-order valence-electron chi connectivity index (χ2n) is 7.18. The summed E-state index contributed by atoms with van der Waals surface area (Å²) in [5.74, 6) is 1.62. The van der Waals surface area contributed by atoms with Crippen LogP contribution in [-0.4, -0.2) is 19.3 Å². The number of hydrogen-bond donors (Lipinski definition) is 1. The minimum atomic E-state index is -0.511. The summed E-state index contributed by atoms with van der Waals surface area (Å²) in [4.78, 5) is 0. The van der Waals surface area contributed by atoms with Crippen molar-refractivity contribution in [3.05, 3.63) is 60.2 Å². The molecular formula is C25H30O3. The van der Waals surface area contributed by atoms with Gasteiger partial charge in [0.15, 0.2) is 0 Å². The van der Waals surface area contributed by atoms with Crippen molar-refractivity contribution in [2.24, 2.45) is 0 Å². The normalized spacial score (nSPS) is 12.1. The summed E-state index contributed by atoms with van der Waals surface area (Å²) in [7, 11) is 3.36. The van der Waals surface area contributed by atoms with E-state index in [0.717, 1.165) is 58.2 Å². The molecule has 0 amide bonds. The Kier molecular flexibility index (Phi) is 6.94. The third-order valence-electron chi connectivity index (χ3n) is 5.34. The first-order valence-corrected chi connectivity index (χ1v) is 10.1. The van der Waals surface area contributed by atoms with Gasteiger partial charge in [0, 0.05) is 5.39 Å². The highest BCUT2D eigenvalue weighted by Gasteiger charge is 2.17. The van der Waals surface area contributed by atoms with Crippen molar-refractivity contribution < 1.29 is 14.6 Å². The van der Waals surface area contributed by atoms with Crippen LogP contribution in [0, 0.1) is 0 Å². The molecule has 148 valence electrons. The zero-order valence-corrected chi connectivity index (χ0v) is 17.1. The van der Waals surface area contributed by atoms with Gasteiger partial charge in [0.1, 0.15) is 11.5 Å². The fourth-order valence-corrected chi connectivity index (χ4v) is 3.79. The predicted molar refractivity (Wildman–Crippen MR) is 116 cm³/mol. The van der Waals surface area contributed by atoms with E-state index in [-0.39, 0.29) is 0 Å². The van der Waals surface area contributed by atoms with Crippen molar-refractivity contribution in [3.63, 3.8) is 0 Å². The maximum atomic E-state index is 11.0. The average Bonchev–Trinajstić information content (AvgIpc) is 2.75. The molecule has 0 aliphatic rings. The van der Waals surface area contributed by atoms with Crippen molar-refractivity contribution in [3.8, 4) is 22.6 Å². The van der Waals surface area contributed by atoms with Gasteiger partial charge in [-0.3, -0.25) is 0 Å². The molecule has 3 aromatic carbocycles. The van der Waals surface area contributed by atoms with Crippen LogP contribution >= 0.6 is 0 Å². The summed E-state index contributed by atoms with van der Waals surface area (Å²) < 4.78 is 11.0. The van der Waals surface area contributed by atoms with E-state index in [1.807, 2.05) is 30.3 Å². The number of unbranched alkanes of at least 4 members (excludes halogenated alkanes) is 3. The van der Waals surface area contributed by atoms with Gasteiger partial charge >= 0.3 is 0 Å². The third kappa shape index (κ3) is 4.31. The zero-order chi connectivity index (χ0) is 19.9. The maximum Gasteiger partial charge on any atom is 0.126 e. The van der Waals surface area contributed by atoms with E-state index in [0.29, 0.717) is 0 Å². The van der Waals surface area contributed by atoms with Gasteiger partial charge < -0.3 is 14.6 Å². The van der Waals surface area contributed by atoms with E-state index in [1.165, 1.54) is 12.8 Å². The predicted octanol–water partition coefficient (Wildman–Crippen LogP) is 6.53. The van der Waals surface area contributed by atoms with Crippen LogP contribution in [0.1, 0.15) is 50.7 Å². The largest absolute Gasteiger partial charge is 0.497 e. The maximum absolute atomic E-state index is 11.0. The van der Waals surface area contributed by atoms with E-state index in [9.17, 15) is 5.11 Å². The van der Waals surface area contributed by atoms with Crippen LogP contribution < -0.4 is 9.47 Å². The Labute approximate surface area is 167 Å². The number of ether oxygens (including phenoxy) is 2. The number of hydrogen-bond acceptors (Lipinski definition) is 3. The highest BCUT2D eigenvalue weighted by Crippen LogP contribution is 2.39. The molecule has 0 aromatic heterocycles. The monoisotopic (exact) mass is 378 g/mol. The van der Waals surface area contributed by atoms with Gasteiger partial charge in [-0.15, -0.1) is 0 Å². The molecular weight excluding hydrogens is 348 g/mol. The van der Waals surface area contributed by atoms with E-state index < -0.39 is 6.10 Å². The van der Waals surface area contributed by atoms with Crippen LogP contribution in [0.3, 0.4) is 0 Å². The summed E-state index contributed by atoms with van der Waals surface area (Å²) in [5, 5.41) is 13.2. The summed E-state index contributed by atoms with van der Waals surface area (Å²) in [6.07, 6.45) is 4.82. The first-order valence-electron chi connectivity index (χ1n) is 10.1. The smallest absolute Gasteiger partial charge is 0.126 e. The average molecular weight is 379 g/mol. The Hall–Kier alpha value is -2.52. The van der Waals surface area contributed by atoms with Crippen LogP contribution in [0.25, 0.3) is 21.9 Å². The Bertz CT molecular complexity index is 917. The fraction of sp³-hybridized carbons (Fsp3) is 0.360. The molecule has 0 aliphatic carbocycles. The topological polar surface area (TPSA) is 38.7 Å². The molecule has 0 saturated carbocycles. The molecule has 3 nitrogen and oxygen atoms in total. The van der Waals surface area contributed by atoms with Crippen LogP contribution in [0.2, 0.25) is 0 Å². The number of fused-ring (bicyclic) bond motifs is 1. The van der Waals surface area contributed by atoms with E-state index in [2.05, 4.69) is 31.2 Å². The molecule has 3 aromatic rings. The molecule has 0 aliphatic heterocycles. The molecule has 0 heterocycles. The molecule has 28 heavy (non-hydrogen) atoms. The molecule has 0 bridgehead atoms. The Morgan fingerprint density at radius 3 is 2.29 bits per heavy atom. The lowest BCUT2D eigenvalue weighted by Crippen LogP contribution is -2.02. The third-order valence-corrected chi connectivity index (χ3v) is 5.34. The second-order valence-corrected chi connectivity index (χ2v) is 7.18. The van der Waals surface area contributed by atoms with Gasteiger partial charge in [-0.25, -0.2) is 0 Å². The summed E-state index contributed by atoms with van der Waals surface area (Å²) in [6.45, 7) is 2.20. The molecule has 0 spiro atoms. The highest BCUT2D eigenvalue weighted by molar-refractivity contribution is 6.00. The molecule has 3 rings (SSSR count). The number of benzene rings is 3. The van der Waals surface area contributed by atoms with E-state index >= 15 is 0 Å². The standard InChI is InChI=1S/C25H30O3/c1-4-5-6-7-12-24(26)23-17-18(27-2)13-14-21(23)20-15-16-25(28-3)22-11-9-8-10-19(20)22/h8-11,13-17,24,26H,4-7,12H2,1-3H3. The fourth-order valence-electron chi connectivity index (χ4n) is 3.79. The lowest BCUT2D eigenvalue weighted by atomic mass is 9.90. The Balaban J connectivity index is 2.06. The van der Waals surface area contributed by atoms with Gasteiger partial charge in [0.2, 0.25) is 0 Å². The summed E-state index contributed by atoms with van der Waals surface area (Å²) in [6, 6.07) is 18.3. The van der Waals surface area contributed by atoms with Gasteiger partial charge in [0.05, 0.1) is 20.3 Å². The molecule has 1 N–H and O–H groups in total. The van der Waals surface area contributed by atoms with Crippen LogP contribution in [-0.2, 0) is 0 Å².